The lowest BCUT2D eigenvalue weighted by Gasteiger charge is -2.38. The summed E-state index contributed by atoms with van der Waals surface area (Å²) < 4.78 is 0. The molecule has 198 valence electrons. The molecule has 3 fully saturated rings. The smallest absolute Gasteiger partial charge is 0.256 e. The highest BCUT2D eigenvalue weighted by atomic mass is 16.2. The van der Waals surface area contributed by atoms with E-state index in [9.17, 15) is 9.59 Å². The third-order valence-corrected chi connectivity index (χ3v) is 8.71. The molecule has 0 unspecified atom stereocenters. The molecule has 0 radical (unpaired) electrons. The molecule has 37 heavy (non-hydrogen) atoms. The van der Waals surface area contributed by atoms with Crippen LogP contribution in [0.5, 0.6) is 0 Å². The Morgan fingerprint density at radius 3 is 2.16 bits per heavy atom. The Kier molecular flexibility index (Phi) is 8.02. The van der Waals surface area contributed by atoms with Gasteiger partial charge in [-0.3, -0.25) is 9.59 Å². The minimum absolute atomic E-state index is 0.128. The van der Waals surface area contributed by atoms with Gasteiger partial charge in [0.05, 0.1) is 5.56 Å². The highest BCUT2D eigenvalue weighted by Crippen LogP contribution is 2.28. The number of carbonyl (C=O) groups is 2. The Morgan fingerprint density at radius 2 is 1.46 bits per heavy atom. The van der Waals surface area contributed by atoms with Crippen molar-refractivity contribution in [2.45, 2.75) is 64.8 Å². The van der Waals surface area contributed by atoms with Crippen LogP contribution in [-0.4, -0.2) is 62.0 Å². The number of piperazine rings is 1. The first-order valence-corrected chi connectivity index (χ1v) is 14.3. The summed E-state index contributed by atoms with van der Waals surface area (Å²) in [6.45, 7) is 9.18. The lowest BCUT2D eigenvalue weighted by Crippen LogP contribution is -2.49. The largest absolute Gasteiger partial charge is 0.371 e. The Hall–Kier alpha value is -3.02. The second-order valence-corrected chi connectivity index (χ2v) is 11.2. The van der Waals surface area contributed by atoms with E-state index in [4.69, 9.17) is 0 Å². The predicted molar refractivity (Wildman–Crippen MR) is 150 cm³/mol. The van der Waals surface area contributed by atoms with E-state index >= 15 is 0 Å². The molecule has 3 aliphatic rings. The fourth-order valence-corrected chi connectivity index (χ4v) is 6.14. The average molecular weight is 503 g/mol. The fraction of sp³-hybridized carbons (Fsp3) is 0.548. The summed E-state index contributed by atoms with van der Waals surface area (Å²) in [5.41, 5.74) is 5.69. The van der Waals surface area contributed by atoms with Crippen molar-refractivity contribution in [1.82, 2.24) is 10.2 Å². The third-order valence-electron chi connectivity index (χ3n) is 8.71. The molecule has 0 bridgehead atoms. The number of rotatable bonds is 5. The van der Waals surface area contributed by atoms with E-state index in [1.54, 1.807) is 0 Å². The first-order chi connectivity index (χ1) is 18.0. The SMILES string of the molecule is Cc1ccc(N2CCN(C(=O)c3ccccc3N3CCC(NC(=O)C4CCCCC4)CC3)CC2)cc1C. The van der Waals surface area contributed by atoms with Crippen LogP contribution in [0.25, 0.3) is 0 Å². The number of benzene rings is 2. The fourth-order valence-electron chi connectivity index (χ4n) is 6.14. The van der Waals surface area contributed by atoms with E-state index in [0.29, 0.717) is 0 Å². The van der Waals surface area contributed by atoms with Gasteiger partial charge in [0.2, 0.25) is 5.91 Å². The highest BCUT2D eigenvalue weighted by Gasteiger charge is 2.29. The number of carbonyl (C=O) groups excluding carboxylic acids is 2. The van der Waals surface area contributed by atoms with Crippen LogP contribution in [0.1, 0.15) is 66.4 Å². The number of piperidine rings is 1. The summed E-state index contributed by atoms with van der Waals surface area (Å²) >= 11 is 0. The van der Waals surface area contributed by atoms with Gasteiger partial charge in [-0.2, -0.15) is 0 Å². The Balaban J connectivity index is 1.17. The number of nitrogens with one attached hydrogen (secondary N) is 1. The summed E-state index contributed by atoms with van der Waals surface area (Å²) in [5.74, 6) is 0.595. The van der Waals surface area contributed by atoms with Crippen molar-refractivity contribution < 1.29 is 9.59 Å². The minimum atomic E-state index is 0.128. The number of hydrogen-bond acceptors (Lipinski definition) is 4. The lowest BCUT2D eigenvalue weighted by atomic mass is 9.88. The minimum Gasteiger partial charge on any atom is -0.371 e. The van der Waals surface area contributed by atoms with Crippen LogP contribution in [-0.2, 0) is 4.79 Å². The zero-order valence-electron chi connectivity index (χ0n) is 22.5. The Morgan fingerprint density at radius 1 is 0.757 bits per heavy atom. The number of nitrogens with zero attached hydrogens (tertiary/aromatic N) is 3. The summed E-state index contributed by atoms with van der Waals surface area (Å²) in [6.07, 6.45) is 7.57. The number of amides is 2. The first kappa shape index (κ1) is 25.6. The lowest BCUT2D eigenvalue weighted by molar-refractivity contribution is -0.126. The number of aryl methyl sites for hydroxylation is 2. The molecular weight excluding hydrogens is 460 g/mol. The molecule has 2 aromatic rings. The molecule has 0 aromatic heterocycles. The number of para-hydroxylation sites is 1. The van der Waals surface area contributed by atoms with Gasteiger partial charge in [0, 0.05) is 62.6 Å². The summed E-state index contributed by atoms with van der Waals surface area (Å²) in [5, 5.41) is 3.33. The molecule has 0 atom stereocenters. The van der Waals surface area contributed by atoms with Crippen LogP contribution in [0.3, 0.4) is 0 Å². The third kappa shape index (κ3) is 5.94. The van der Waals surface area contributed by atoms with Crippen LogP contribution >= 0.6 is 0 Å². The molecular formula is C31H42N4O2. The van der Waals surface area contributed by atoms with Crippen molar-refractivity contribution in [3.63, 3.8) is 0 Å². The normalized spacial score (nSPS) is 19.7. The van der Waals surface area contributed by atoms with Gasteiger partial charge >= 0.3 is 0 Å². The molecule has 2 amide bonds. The van der Waals surface area contributed by atoms with Gasteiger partial charge in [0.1, 0.15) is 0 Å². The maximum Gasteiger partial charge on any atom is 0.256 e. The molecule has 1 N–H and O–H groups in total. The van der Waals surface area contributed by atoms with Crippen molar-refractivity contribution in [2.24, 2.45) is 5.92 Å². The number of hydrogen-bond donors (Lipinski definition) is 1. The Bertz CT molecular complexity index is 1090. The van der Waals surface area contributed by atoms with E-state index < -0.39 is 0 Å². The molecule has 2 aromatic carbocycles. The van der Waals surface area contributed by atoms with E-state index in [1.807, 2.05) is 23.1 Å². The van der Waals surface area contributed by atoms with Crippen LogP contribution < -0.4 is 15.1 Å². The maximum absolute atomic E-state index is 13.6. The predicted octanol–water partition coefficient (Wildman–Crippen LogP) is 4.93. The molecule has 6 nitrogen and oxygen atoms in total. The van der Waals surface area contributed by atoms with E-state index in [2.05, 4.69) is 53.2 Å². The summed E-state index contributed by atoms with van der Waals surface area (Å²) in [4.78, 5) is 33.0. The molecule has 2 saturated heterocycles. The monoisotopic (exact) mass is 502 g/mol. The second-order valence-electron chi connectivity index (χ2n) is 11.2. The van der Waals surface area contributed by atoms with Crippen molar-refractivity contribution in [1.29, 1.82) is 0 Å². The van der Waals surface area contributed by atoms with Crippen LogP contribution in [0.15, 0.2) is 42.5 Å². The number of anilines is 2. The van der Waals surface area contributed by atoms with Gasteiger partial charge in [-0.25, -0.2) is 0 Å². The van der Waals surface area contributed by atoms with Crippen molar-refractivity contribution >= 4 is 23.2 Å². The average Bonchev–Trinajstić information content (AvgIpc) is 2.95. The van der Waals surface area contributed by atoms with Gasteiger partial charge in [-0.05, 0) is 74.9 Å². The topological polar surface area (TPSA) is 55.9 Å². The van der Waals surface area contributed by atoms with Gasteiger partial charge in [-0.1, -0.05) is 37.5 Å². The molecule has 0 spiro atoms. The zero-order valence-corrected chi connectivity index (χ0v) is 22.5. The molecule has 2 aliphatic heterocycles. The molecule has 5 rings (SSSR count). The second kappa shape index (κ2) is 11.6. The van der Waals surface area contributed by atoms with Crippen LogP contribution in [0, 0.1) is 19.8 Å². The van der Waals surface area contributed by atoms with Gasteiger partial charge < -0.3 is 20.0 Å². The standard InChI is InChI=1S/C31H42N4O2/c1-23-12-13-27(22-24(23)2)33-18-20-35(21-19-33)31(37)28-10-6-7-11-29(28)34-16-14-26(15-17-34)32-30(36)25-8-4-3-5-9-25/h6-7,10-13,22,25-26H,3-5,8-9,14-21H2,1-2H3,(H,32,36). The first-order valence-electron chi connectivity index (χ1n) is 14.3. The molecule has 2 heterocycles. The molecule has 1 aliphatic carbocycles. The zero-order chi connectivity index (χ0) is 25.8. The van der Waals surface area contributed by atoms with Gasteiger partial charge in [-0.15, -0.1) is 0 Å². The van der Waals surface area contributed by atoms with Crippen LogP contribution in [0.4, 0.5) is 11.4 Å². The van der Waals surface area contributed by atoms with Crippen molar-refractivity contribution in [2.75, 3.05) is 49.1 Å². The van der Waals surface area contributed by atoms with Gasteiger partial charge in [0.25, 0.3) is 5.91 Å². The molecule has 6 heteroatoms. The van der Waals surface area contributed by atoms with Crippen molar-refractivity contribution in [3.8, 4) is 0 Å². The van der Waals surface area contributed by atoms with Crippen LogP contribution in [0.2, 0.25) is 0 Å². The highest BCUT2D eigenvalue weighted by molar-refractivity contribution is 6.00. The van der Waals surface area contributed by atoms with Crippen molar-refractivity contribution in [3.05, 3.63) is 59.2 Å². The van der Waals surface area contributed by atoms with E-state index in [0.717, 1.165) is 76.2 Å². The van der Waals surface area contributed by atoms with E-state index in [-0.39, 0.29) is 23.8 Å². The summed E-state index contributed by atoms with van der Waals surface area (Å²) in [6, 6.07) is 14.9. The maximum atomic E-state index is 13.6. The Labute approximate surface area is 222 Å². The summed E-state index contributed by atoms with van der Waals surface area (Å²) in [7, 11) is 0. The van der Waals surface area contributed by atoms with E-state index in [1.165, 1.54) is 36.1 Å². The molecule has 1 saturated carbocycles. The van der Waals surface area contributed by atoms with Gasteiger partial charge in [0.15, 0.2) is 0 Å². The quantitative estimate of drug-likeness (QED) is 0.630.